The van der Waals surface area contributed by atoms with Crippen LogP contribution in [-0.2, 0) is 11.3 Å². The van der Waals surface area contributed by atoms with Crippen molar-refractivity contribution in [1.29, 1.82) is 0 Å². The molecule has 148 valence electrons. The Kier molecular flexibility index (Phi) is 5.96. The molecule has 27 heavy (non-hydrogen) atoms. The zero-order chi connectivity index (χ0) is 19.6. The molecular formula is C18H22F4N4O. The molecule has 1 amide bonds. The molecular weight excluding hydrogens is 364 g/mol. The Bertz CT molecular complexity index is 813. The number of fused-ring (bicyclic) bond motifs is 1. The smallest absolute Gasteiger partial charge is 0.280 e. The van der Waals surface area contributed by atoms with Crippen LogP contribution in [0, 0.1) is 6.92 Å². The first-order chi connectivity index (χ1) is 12.9. The first-order valence-electron chi connectivity index (χ1n) is 9.10. The number of alkyl halides is 4. The molecule has 0 radical (unpaired) electrons. The monoisotopic (exact) mass is 386 g/mol. The van der Waals surface area contributed by atoms with E-state index in [0.29, 0.717) is 6.07 Å². The van der Waals surface area contributed by atoms with E-state index in [1.165, 1.54) is 6.92 Å². The zero-order valence-electron chi connectivity index (χ0n) is 15.0. The van der Waals surface area contributed by atoms with Gasteiger partial charge in [0.15, 0.2) is 5.65 Å². The largest absolute Gasteiger partial charge is 0.352 e. The molecule has 1 saturated carbocycles. The number of pyridine rings is 1. The van der Waals surface area contributed by atoms with E-state index in [4.69, 9.17) is 0 Å². The molecule has 1 aliphatic rings. The van der Waals surface area contributed by atoms with Gasteiger partial charge in [-0.15, -0.1) is 0 Å². The van der Waals surface area contributed by atoms with Gasteiger partial charge in [-0.2, -0.15) is 5.10 Å². The lowest BCUT2D eigenvalue weighted by molar-refractivity contribution is -0.122. The molecule has 2 aromatic heterocycles. The lowest BCUT2D eigenvalue weighted by Crippen LogP contribution is -2.36. The molecule has 0 aromatic carbocycles. The van der Waals surface area contributed by atoms with Gasteiger partial charge in [0.1, 0.15) is 12.2 Å². The number of aromatic nitrogens is 3. The molecule has 9 heteroatoms. The quantitative estimate of drug-likeness (QED) is 0.610. The lowest BCUT2D eigenvalue weighted by Gasteiger charge is -2.16. The van der Waals surface area contributed by atoms with Gasteiger partial charge in [0.25, 0.3) is 12.9 Å². The zero-order valence-corrected chi connectivity index (χ0v) is 15.0. The molecule has 0 bridgehead atoms. The van der Waals surface area contributed by atoms with Crippen LogP contribution in [0.25, 0.3) is 11.0 Å². The molecule has 2 heterocycles. The van der Waals surface area contributed by atoms with Crippen LogP contribution in [0.2, 0.25) is 0 Å². The number of halogens is 4. The van der Waals surface area contributed by atoms with Gasteiger partial charge < -0.3 is 5.32 Å². The molecule has 3 rings (SSSR count). The fraction of sp³-hybridized carbons (Fsp3) is 0.611. The molecule has 1 aliphatic carbocycles. The molecule has 2 aromatic rings. The topological polar surface area (TPSA) is 59.8 Å². The van der Waals surface area contributed by atoms with Gasteiger partial charge in [0.05, 0.1) is 11.1 Å². The fourth-order valence-corrected chi connectivity index (χ4v) is 3.63. The van der Waals surface area contributed by atoms with E-state index in [2.05, 4.69) is 15.4 Å². The van der Waals surface area contributed by atoms with Gasteiger partial charge >= 0.3 is 0 Å². The summed E-state index contributed by atoms with van der Waals surface area (Å²) in [7, 11) is 0. The SMILES string of the molecule is Cc1nn(CC(=O)NC2CCCCCC2)c2nc(C(F)F)cc(C(F)F)c12. The summed E-state index contributed by atoms with van der Waals surface area (Å²) >= 11 is 0. The van der Waals surface area contributed by atoms with Crippen LogP contribution in [0.1, 0.15) is 68.3 Å². The van der Waals surface area contributed by atoms with Crippen molar-refractivity contribution in [2.75, 3.05) is 0 Å². The average Bonchev–Trinajstić information content (AvgIpc) is 2.77. The van der Waals surface area contributed by atoms with E-state index in [0.717, 1.165) is 43.2 Å². The van der Waals surface area contributed by atoms with E-state index in [1.807, 2.05) is 0 Å². The summed E-state index contributed by atoms with van der Waals surface area (Å²) in [6.45, 7) is 1.25. The number of nitrogens with one attached hydrogen (secondary N) is 1. The fourth-order valence-electron chi connectivity index (χ4n) is 3.63. The van der Waals surface area contributed by atoms with Crippen molar-refractivity contribution < 1.29 is 22.4 Å². The molecule has 1 fully saturated rings. The van der Waals surface area contributed by atoms with Crippen LogP contribution in [0.3, 0.4) is 0 Å². The predicted molar refractivity (Wildman–Crippen MR) is 91.8 cm³/mol. The minimum atomic E-state index is -2.99. The van der Waals surface area contributed by atoms with E-state index < -0.39 is 24.1 Å². The number of hydrogen-bond donors (Lipinski definition) is 1. The Morgan fingerprint density at radius 1 is 1.19 bits per heavy atom. The maximum absolute atomic E-state index is 13.4. The summed E-state index contributed by atoms with van der Waals surface area (Å²) < 4.78 is 54.0. The summed E-state index contributed by atoms with van der Waals surface area (Å²) in [6.07, 6.45) is 0.247. The Morgan fingerprint density at radius 3 is 2.44 bits per heavy atom. The third kappa shape index (κ3) is 4.39. The number of nitrogens with zero attached hydrogens (tertiary/aromatic N) is 3. The number of carbonyl (C=O) groups is 1. The van der Waals surface area contributed by atoms with Crippen LogP contribution in [0.4, 0.5) is 17.6 Å². The number of rotatable bonds is 5. The van der Waals surface area contributed by atoms with E-state index in [-0.39, 0.29) is 35.2 Å². The number of aryl methyl sites for hydroxylation is 1. The molecule has 5 nitrogen and oxygen atoms in total. The minimum absolute atomic E-state index is 0.0247. The van der Waals surface area contributed by atoms with Gasteiger partial charge in [-0.05, 0) is 25.8 Å². The normalized spacial score (nSPS) is 16.3. The van der Waals surface area contributed by atoms with Crippen molar-refractivity contribution >= 4 is 16.9 Å². The lowest BCUT2D eigenvalue weighted by atomic mass is 10.1. The standard InChI is InChI=1S/C18H22F4N4O/c1-10-15-12(16(19)20)8-13(17(21)22)24-18(15)26(25-10)9-14(27)23-11-6-4-2-3-5-7-11/h8,11,16-17H,2-7,9H2,1H3,(H,23,27). The molecule has 0 atom stereocenters. The second kappa shape index (κ2) is 8.22. The first-order valence-corrected chi connectivity index (χ1v) is 9.10. The van der Waals surface area contributed by atoms with Crippen molar-refractivity contribution in [2.24, 2.45) is 0 Å². The molecule has 0 saturated heterocycles. The molecule has 0 aliphatic heterocycles. The van der Waals surface area contributed by atoms with E-state index in [1.54, 1.807) is 0 Å². The van der Waals surface area contributed by atoms with Crippen LogP contribution in [-0.4, -0.2) is 26.7 Å². The van der Waals surface area contributed by atoms with Crippen molar-refractivity contribution in [2.45, 2.75) is 70.9 Å². The number of amides is 1. The first kappa shape index (κ1) is 19.6. The summed E-state index contributed by atoms with van der Waals surface area (Å²) in [5.74, 6) is -0.325. The highest BCUT2D eigenvalue weighted by molar-refractivity contribution is 5.84. The third-order valence-electron chi connectivity index (χ3n) is 4.90. The van der Waals surface area contributed by atoms with Gasteiger partial charge in [0, 0.05) is 11.6 Å². The van der Waals surface area contributed by atoms with E-state index >= 15 is 0 Å². The second-order valence-corrected chi connectivity index (χ2v) is 6.94. The van der Waals surface area contributed by atoms with Crippen molar-refractivity contribution in [1.82, 2.24) is 20.1 Å². The van der Waals surface area contributed by atoms with Crippen molar-refractivity contribution in [3.63, 3.8) is 0 Å². The Hall–Kier alpha value is -2.19. The van der Waals surface area contributed by atoms with Gasteiger partial charge in [-0.25, -0.2) is 27.2 Å². The molecule has 0 unspecified atom stereocenters. The third-order valence-corrected chi connectivity index (χ3v) is 4.90. The highest BCUT2D eigenvalue weighted by Gasteiger charge is 2.24. The Morgan fingerprint density at radius 2 is 1.85 bits per heavy atom. The number of carbonyl (C=O) groups excluding carboxylic acids is 1. The maximum atomic E-state index is 13.4. The van der Waals surface area contributed by atoms with Gasteiger partial charge in [-0.3, -0.25) is 4.79 Å². The maximum Gasteiger partial charge on any atom is 0.280 e. The van der Waals surface area contributed by atoms with Crippen molar-refractivity contribution in [3.05, 3.63) is 23.0 Å². The Labute approximate surface area is 154 Å². The van der Waals surface area contributed by atoms with Gasteiger partial charge in [-0.1, -0.05) is 25.7 Å². The summed E-state index contributed by atoms with van der Waals surface area (Å²) in [6, 6.07) is 0.784. The summed E-state index contributed by atoms with van der Waals surface area (Å²) in [5, 5.41) is 7.06. The van der Waals surface area contributed by atoms with Crippen molar-refractivity contribution in [3.8, 4) is 0 Å². The Balaban J connectivity index is 1.88. The van der Waals surface area contributed by atoms with Crippen LogP contribution in [0.5, 0.6) is 0 Å². The van der Waals surface area contributed by atoms with Crippen LogP contribution in [0.15, 0.2) is 6.07 Å². The average molecular weight is 386 g/mol. The highest BCUT2D eigenvalue weighted by Crippen LogP contribution is 2.32. The van der Waals surface area contributed by atoms with Crippen LogP contribution >= 0.6 is 0 Å². The predicted octanol–water partition coefficient (Wildman–Crippen LogP) is 4.45. The second-order valence-electron chi connectivity index (χ2n) is 6.94. The van der Waals surface area contributed by atoms with E-state index in [9.17, 15) is 22.4 Å². The highest BCUT2D eigenvalue weighted by atomic mass is 19.3. The summed E-state index contributed by atoms with van der Waals surface area (Å²) in [5.41, 5.74) is -1.17. The minimum Gasteiger partial charge on any atom is -0.352 e. The molecule has 0 spiro atoms. The van der Waals surface area contributed by atoms with Gasteiger partial charge in [0.2, 0.25) is 5.91 Å². The molecule has 1 N–H and O–H groups in total. The number of hydrogen-bond acceptors (Lipinski definition) is 3. The van der Waals surface area contributed by atoms with Crippen LogP contribution < -0.4 is 5.32 Å². The summed E-state index contributed by atoms with van der Waals surface area (Å²) in [4.78, 5) is 16.2.